The SMILES string of the molecule is CC(C)(C(=O)NC1CCC(=O)NC1)c1ccccc1. The molecule has 0 aromatic heterocycles. The summed E-state index contributed by atoms with van der Waals surface area (Å²) in [4.78, 5) is 23.5. The third-order valence-electron chi connectivity index (χ3n) is 3.66. The van der Waals surface area contributed by atoms with Crippen LogP contribution < -0.4 is 10.6 Å². The van der Waals surface area contributed by atoms with Gasteiger partial charge in [0.05, 0.1) is 5.41 Å². The molecular weight excluding hydrogens is 240 g/mol. The van der Waals surface area contributed by atoms with Crippen LogP contribution in [0.1, 0.15) is 32.3 Å². The molecule has 1 aromatic rings. The van der Waals surface area contributed by atoms with E-state index in [-0.39, 0.29) is 17.9 Å². The van der Waals surface area contributed by atoms with Crippen LogP contribution in [-0.2, 0) is 15.0 Å². The van der Waals surface area contributed by atoms with E-state index in [1.54, 1.807) is 0 Å². The smallest absolute Gasteiger partial charge is 0.230 e. The van der Waals surface area contributed by atoms with Gasteiger partial charge in [-0.15, -0.1) is 0 Å². The van der Waals surface area contributed by atoms with Crippen molar-refractivity contribution in [3.8, 4) is 0 Å². The zero-order chi connectivity index (χ0) is 13.9. The first-order valence-corrected chi connectivity index (χ1v) is 6.63. The predicted molar refractivity (Wildman–Crippen MR) is 73.6 cm³/mol. The van der Waals surface area contributed by atoms with Crippen LogP contribution in [-0.4, -0.2) is 24.4 Å². The van der Waals surface area contributed by atoms with Crippen molar-refractivity contribution in [2.45, 2.75) is 38.1 Å². The lowest BCUT2D eigenvalue weighted by Gasteiger charge is -2.29. The summed E-state index contributed by atoms with van der Waals surface area (Å²) in [6.45, 7) is 4.35. The van der Waals surface area contributed by atoms with E-state index in [1.807, 2.05) is 44.2 Å². The number of carbonyl (C=O) groups is 2. The Hall–Kier alpha value is -1.84. The second kappa shape index (κ2) is 5.43. The van der Waals surface area contributed by atoms with Crippen LogP contribution in [0.25, 0.3) is 0 Å². The molecule has 0 radical (unpaired) electrons. The Kier molecular flexibility index (Phi) is 3.88. The zero-order valence-electron chi connectivity index (χ0n) is 11.4. The Labute approximate surface area is 113 Å². The van der Waals surface area contributed by atoms with Crippen molar-refractivity contribution >= 4 is 11.8 Å². The minimum absolute atomic E-state index is 0.000140. The maximum Gasteiger partial charge on any atom is 0.230 e. The van der Waals surface area contributed by atoms with Gasteiger partial charge in [-0.2, -0.15) is 0 Å². The maximum absolute atomic E-state index is 12.4. The van der Waals surface area contributed by atoms with E-state index in [4.69, 9.17) is 0 Å². The minimum atomic E-state index is -0.567. The van der Waals surface area contributed by atoms with Gasteiger partial charge in [-0.25, -0.2) is 0 Å². The molecule has 0 aliphatic carbocycles. The molecule has 1 saturated heterocycles. The topological polar surface area (TPSA) is 58.2 Å². The van der Waals surface area contributed by atoms with Crippen LogP contribution >= 0.6 is 0 Å². The fourth-order valence-corrected chi connectivity index (χ4v) is 2.21. The Morgan fingerprint density at radius 3 is 2.58 bits per heavy atom. The zero-order valence-corrected chi connectivity index (χ0v) is 11.4. The molecule has 1 aromatic carbocycles. The van der Waals surface area contributed by atoms with Crippen molar-refractivity contribution in [3.63, 3.8) is 0 Å². The van der Waals surface area contributed by atoms with Gasteiger partial charge in [0, 0.05) is 19.0 Å². The van der Waals surface area contributed by atoms with Gasteiger partial charge in [-0.05, 0) is 25.8 Å². The fourth-order valence-electron chi connectivity index (χ4n) is 2.21. The molecule has 1 heterocycles. The molecular formula is C15H20N2O2. The Morgan fingerprint density at radius 1 is 1.32 bits per heavy atom. The molecule has 1 fully saturated rings. The summed E-state index contributed by atoms with van der Waals surface area (Å²) < 4.78 is 0. The van der Waals surface area contributed by atoms with E-state index < -0.39 is 5.41 Å². The molecule has 19 heavy (non-hydrogen) atoms. The summed E-state index contributed by atoms with van der Waals surface area (Å²) >= 11 is 0. The number of carbonyl (C=O) groups excluding carboxylic acids is 2. The molecule has 0 bridgehead atoms. The first kappa shape index (κ1) is 13.6. The average molecular weight is 260 g/mol. The number of nitrogens with one attached hydrogen (secondary N) is 2. The summed E-state index contributed by atoms with van der Waals surface area (Å²) in [5.74, 6) is 0.0627. The van der Waals surface area contributed by atoms with Crippen molar-refractivity contribution in [2.24, 2.45) is 0 Å². The van der Waals surface area contributed by atoms with Crippen molar-refractivity contribution < 1.29 is 9.59 Å². The highest BCUT2D eigenvalue weighted by Gasteiger charge is 2.31. The number of rotatable bonds is 3. The van der Waals surface area contributed by atoms with Crippen LogP contribution in [0.15, 0.2) is 30.3 Å². The third-order valence-corrected chi connectivity index (χ3v) is 3.66. The Balaban J connectivity index is 2.01. The summed E-state index contributed by atoms with van der Waals surface area (Å²) in [6.07, 6.45) is 1.19. The second-order valence-corrected chi connectivity index (χ2v) is 5.50. The summed E-state index contributed by atoms with van der Waals surface area (Å²) in [5, 5.41) is 5.80. The van der Waals surface area contributed by atoms with Gasteiger partial charge in [0.2, 0.25) is 11.8 Å². The molecule has 4 nitrogen and oxygen atoms in total. The van der Waals surface area contributed by atoms with Crippen LogP contribution in [0.5, 0.6) is 0 Å². The van der Waals surface area contributed by atoms with Gasteiger partial charge < -0.3 is 10.6 Å². The van der Waals surface area contributed by atoms with Crippen LogP contribution in [0.4, 0.5) is 0 Å². The second-order valence-electron chi connectivity index (χ2n) is 5.50. The molecule has 1 aliphatic heterocycles. The number of hydrogen-bond acceptors (Lipinski definition) is 2. The third kappa shape index (κ3) is 3.13. The van der Waals surface area contributed by atoms with Gasteiger partial charge in [0.15, 0.2) is 0 Å². The van der Waals surface area contributed by atoms with E-state index in [1.165, 1.54) is 0 Å². The Bertz CT molecular complexity index is 458. The standard InChI is InChI=1S/C15H20N2O2/c1-15(2,11-6-4-3-5-7-11)14(19)17-12-8-9-13(18)16-10-12/h3-7,12H,8-10H2,1-2H3,(H,16,18)(H,17,19). The highest BCUT2D eigenvalue weighted by molar-refractivity contribution is 5.87. The van der Waals surface area contributed by atoms with Crippen molar-refractivity contribution in [1.82, 2.24) is 10.6 Å². The predicted octanol–water partition coefficient (Wildman–Crippen LogP) is 1.36. The van der Waals surface area contributed by atoms with Crippen LogP contribution in [0.2, 0.25) is 0 Å². The number of benzene rings is 1. The molecule has 2 N–H and O–H groups in total. The van der Waals surface area contributed by atoms with Gasteiger partial charge in [0.1, 0.15) is 0 Å². The van der Waals surface area contributed by atoms with Crippen molar-refractivity contribution in [3.05, 3.63) is 35.9 Å². The average Bonchev–Trinajstić information content (AvgIpc) is 2.42. The van der Waals surface area contributed by atoms with Crippen molar-refractivity contribution in [2.75, 3.05) is 6.54 Å². The number of hydrogen-bond donors (Lipinski definition) is 2. The van der Waals surface area contributed by atoms with E-state index in [9.17, 15) is 9.59 Å². The molecule has 1 atom stereocenters. The monoisotopic (exact) mass is 260 g/mol. The van der Waals surface area contributed by atoms with E-state index >= 15 is 0 Å². The highest BCUT2D eigenvalue weighted by atomic mass is 16.2. The van der Waals surface area contributed by atoms with E-state index in [0.717, 1.165) is 5.56 Å². The summed E-state index contributed by atoms with van der Waals surface area (Å²) in [7, 11) is 0. The lowest BCUT2D eigenvalue weighted by Crippen LogP contribution is -2.52. The molecule has 1 unspecified atom stereocenters. The number of piperidine rings is 1. The minimum Gasteiger partial charge on any atom is -0.354 e. The van der Waals surface area contributed by atoms with Crippen LogP contribution in [0.3, 0.4) is 0 Å². The lowest BCUT2D eigenvalue weighted by molar-refractivity contribution is -0.128. The maximum atomic E-state index is 12.4. The van der Waals surface area contributed by atoms with Gasteiger partial charge in [0.25, 0.3) is 0 Å². The largest absolute Gasteiger partial charge is 0.354 e. The first-order chi connectivity index (χ1) is 9.00. The quantitative estimate of drug-likeness (QED) is 0.862. The molecule has 1 aliphatic rings. The molecule has 2 rings (SSSR count). The normalized spacial score (nSPS) is 19.7. The van der Waals surface area contributed by atoms with E-state index in [0.29, 0.717) is 19.4 Å². The molecule has 102 valence electrons. The first-order valence-electron chi connectivity index (χ1n) is 6.63. The van der Waals surface area contributed by atoms with E-state index in [2.05, 4.69) is 10.6 Å². The summed E-state index contributed by atoms with van der Waals surface area (Å²) in [5.41, 5.74) is 0.426. The van der Waals surface area contributed by atoms with Crippen molar-refractivity contribution in [1.29, 1.82) is 0 Å². The van der Waals surface area contributed by atoms with Gasteiger partial charge in [-0.3, -0.25) is 9.59 Å². The molecule has 4 heteroatoms. The Morgan fingerprint density at radius 2 is 2.00 bits per heavy atom. The highest BCUT2D eigenvalue weighted by Crippen LogP contribution is 2.23. The fraction of sp³-hybridized carbons (Fsp3) is 0.467. The summed E-state index contributed by atoms with van der Waals surface area (Å²) in [6, 6.07) is 9.77. The molecule has 2 amide bonds. The van der Waals surface area contributed by atoms with Gasteiger partial charge >= 0.3 is 0 Å². The van der Waals surface area contributed by atoms with Crippen LogP contribution in [0, 0.1) is 0 Å². The lowest BCUT2D eigenvalue weighted by atomic mass is 9.83. The van der Waals surface area contributed by atoms with Gasteiger partial charge in [-0.1, -0.05) is 30.3 Å². The molecule has 0 spiro atoms. The number of amides is 2. The molecule has 0 saturated carbocycles.